The number of hydrogen-bond acceptors (Lipinski definition) is 3. The number of carbonyl (C=O) groups is 3. The van der Waals surface area contributed by atoms with E-state index >= 15 is 0 Å². The minimum atomic E-state index is -0.386. The summed E-state index contributed by atoms with van der Waals surface area (Å²) < 4.78 is 13.0. The molecule has 2 aromatic carbocycles. The lowest BCUT2D eigenvalue weighted by Crippen LogP contribution is -2.50. The summed E-state index contributed by atoms with van der Waals surface area (Å²) >= 11 is 0. The van der Waals surface area contributed by atoms with Crippen LogP contribution in [0, 0.1) is 5.82 Å². The predicted molar refractivity (Wildman–Crippen MR) is 99.0 cm³/mol. The Bertz CT molecular complexity index is 859. The second kappa shape index (κ2) is 7.99. The monoisotopic (exact) mass is 369 g/mol. The standard InChI is InChI=1S/C20H20FN3O3/c1-14(25)22-18-4-2-3-16(13-18)20(27)24-11-9-23(10-12-24)19(26)15-5-7-17(21)8-6-15/h2-8,13H,9-12H2,1H3,(H,22,25). The van der Waals surface area contributed by atoms with Crippen LogP contribution in [0.2, 0.25) is 0 Å². The van der Waals surface area contributed by atoms with Crippen molar-refractivity contribution >= 4 is 23.4 Å². The first-order valence-corrected chi connectivity index (χ1v) is 8.66. The van der Waals surface area contributed by atoms with E-state index in [9.17, 15) is 18.8 Å². The number of amides is 3. The van der Waals surface area contributed by atoms with Gasteiger partial charge in [0, 0.05) is 49.9 Å². The molecule has 0 radical (unpaired) electrons. The summed E-state index contributed by atoms with van der Waals surface area (Å²) in [6.07, 6.45) is 0. The third-order valence-electron chi connectivity index (χ3n) is 4.38. The van der Waals surface area contributed by atoms with Gasteiger partial charge in [-0.25, -0.2) is 4.39 Å². The molecule has 7 heteroatoms. The number of piperazine rings is 1. The highest BCUT2D eigenvalue weighted by molar-refractivity contribution is 5.97. The number of halogens is 1. The van der Waals surface area contributed by atoms with Gasteiger partial charge < -0.3 is 15.1 Å². The quantitative estimate of drug-likeness (QED) is 0.903. The highest BCUT2D eigenvalue weighted by Gasteiger charge is 2.25. The molecule has 27 heavy (non-hydrogen) atoms. The lowest BCUT2D eigenvalue weighted by molar-refractivity contribution is -0.114. The summed E-state index contributed by atoms with van der Waals surface area (Å²) in [5.74, 6) is -0.901. The zero-order valence-corrected chi connectivity index (χ0v) is 14.9. The molecule has 0 aromatic heterocycles. The van der Waals surface area contributed by atoms with E-state index in [4.69, 9.17) is 0 Å². The number of carbonyl (C=O) groups excluding carboxylic acids is 3. The molecule has 1 aliphatic heterocycles. The summed E-state index contributed by atoms with van der Waals surface area (Å²) in [4.78, 5) is 39.7. The fourth-order valence-corrected chi connectivity index (χ4v) is 3.00. The van der Waals surface area contributed by atoms with Crippen molar-refractivity contribution in [1.29, 1.82) is 0 Å². The minimum absolute atomic E-state index is 0.143. The number of nitrogens with one attached hydrogen (secondary N) is 1. The average molecular weight is 369 g/mol. The molecule has 1 heterocycles. The lowest BCUT2D eigenvalue weighted by atomic mass is 10.1. The fraction of sp³-hybridized carbons (Fsp3) is 0.250. The van der Waals surface area contributed by atoms with E-state index in [0.717, 1.165) is 0 Å². The molecule has 0 aliphatic carbocycles. The molecule has 140 valence electrons. The van der Waals surface area contributed by atoms with Crippen LogP contribution in [0.4, 0.5) is 10.1 Å². The minimum Gasteiger partial charge on any atom is -0.335 e. The number of benzene rings is 2. The molecule has 3 amide bonds. The zero-order valence-electron chi connectivity index (χ0n) is 14.9. The number of nitrogens with zero attached hydrogens (tertiary/aromatic N) is 2. The van der Waals surface area contributed by atoms with Crippen molar-refractivity contribution in [2.75, 3.05) is 31.5 Å². The van der Waals surface area contributed by atoms with Gasteiger partial charge >= 0.3 is 0 Å². The van der Waals surface area contributed by atoms with E-state index in [1.165, 1.54) is 31.2 Å². The molecule has 1 aliphatic rings. The van der Waals surface area contributed by atoms with Crippen molar-refractivity contribution < 1.29 is 18.8 Å². The van der Waals surface area contributed by atoms with E-state index < -0.39 is 0 Å². The Morgan fingerprint density at radius 1 is 0.852 bits per heavy atom. The normalized spacial score (nSPS) is 14.0. The molecule has 1 saturated heterocycles. The second-order valence-corrected chi connectivity index (χ2v) is 6.35. The highest BCUT2D eigenvalue weighted by atomic mass is 19.1. The lowest BCUT2D eigenvalue weighted by Gasteiger charge is -2.35. The van der Waals surface area contributed by atoms with Crippen LogP contribution in [-0.4, -0.2) is 53.7 Å². The second-order valence-electron chi connectivity index (χ2n) is 6.35. The van der Waals surface area contributed by atoms with Crippen LogP contribution in [0.3, 0.4) is 0 Å². The van der Waals surface area contributed by atoms with E-state index in [0.29, 0.717) is 43.0 Å². The van der Waals surface area contributed by atoms with Gasteiger partial charge in [0.15, 0.2) is 0 Å². The van der Waals surface area contributed by atoms with Crippen LogP contribution >= 0.6 is 0 Å². The molecule has 0 atom stereocenters. The van der Waals surface area contributed by atoms with Crippen LogP contribution < -0.4 is 5.32 Å². The average Bonchev–Trinajstić information content (AvgIpc) is 2.67. The molecule has 1 fully saturated rings. The van der Waals surface area contributed by atoms with Gasteiger partial charge in [-0.15, -0.1) is 0 Å². The molecule has 0 bridgehead atoms. The molecule has 0 saturated carbocycles. The van der Waals surface area contributed by atoms with Gasteiger partial charge in [-0.1, -0.05) is 6.07 Å². The third kappa shape index (κ3) is 4.49. The largest absolute Gasteiger partial charge is 0.335 e. The van der Waals surface area contributed by atoms with Gasteiger partial charge in [0.25, 0.3) is 11.8 Å². The summed E-state index contributed by atoms with van der Waals surface area (Å²) in [6.45, 7) is 3.05. The fourth-order valence-electron chi connectivity index (χ4n) is 3.00. The predicted octanol–water partition coefficient (Wildman–Crippen LogP) is 2.38. The molecular weight excluding hydrogens is 349 g/mol. The Morgan fingerprint density at radius 3 is 1.96 bits per heavy atom. The summed E-state index contributed by atoms with van der Waals surface area (Å²) in [6, 6.07) is 12.2. The first-order chi connectivity index (χ1) is 12.9. The van der Waals surface area contributed by atoms with Crippen molar-refractivity contribution in [3.05, 3.63) is 65.5 Å². The Labute approximate surface area is 156 Å². The Hall–Kier alpha value is -3.22. The van der Waals surface area contributed by atoms with Crippen LogP contribution in [0.5, 0.6) is 0 Å². The maximum atomic E-state index is 13.0. The van der Waals surface area contributed by atoms with Gasteiger partial charge in [0.2, 0.25) is 5.91 Å². The van der Waals surface area contributed by atoms with Crippen molar-refractivity contribution in [2.45, 2.75) is 6.92 Å². The number of anilines is 1. The van der Waals surface area contributed by atoms with Gasteiger partial charge in [0.1, 0.15) is 5.82 Å². The highest BCUT2D eigenvalue weighted by Crippen LogP contribution is 2.15. The molecule has 1 N–H and O–H groups in total. The van der Waals surface area contributed by atoms with Crippen molar-refractivity contribution in [2.24, 2.45) is 0 Å². The Morgan fingerprint density at radius 2 is 1.41 bits per heavy atom. The van der Waals surface area contributed by atoms with Crippen LogP contribution in [0.1, 0.15) is 27.6 Å². The topological polar surface area (TPSA) is 69.7 Å². The van der Waals surface area contributed by atoms with E-state index in [1.807, 2.05) is 0 Å². The summed E-state index contributed by atoms with van der Waals surface area (Å²) in [5.41, 5.74) is 1.48. The van der Waals surface area contributed by atoms with E-state index in [1.54, 1.807) is 34.1 Å². The number of rotatable bonds is 3. The first-order valence-electron chi connectivity index (χ1n) is 8.66. The van der Waals surface area contributed by atoms with Gasteiger partial charge in [-0.2, -0.15) is 0 Å². The van der Waals surface area contributed by atoms with Crippen LogP contribution in [0.25, 0.3) is 0 Å². The molecule has 0 spiro atoms. The van der Waals surface area contributed by atoms with Gasteiger partial charge in [0.05, 0.1) is 0 Å². The van der Waals surface area contributed by atoms with Crippen LogP contribution in [-0.2, 0) is 4.79 Å². The first kappa shape index (κ1) is 18.6. The smallest absolute Gasteiger partial charge is 0.254 e. The zero-order chi connectivity index (χ0) is 19.4. The van der Waals surface area contributed by atoms with Crippen molar-refractivity contribution in [3.8, 4) is 0 Å². The van der Waals surface area contributed by atoms with Crippen molar-refractivity contribution in [1.82, 2.24) is 9.80 Å². The van der Waals surface area contributed by atoms with Gasteiger partial charge in [-0.05, 0) is 42.5 Å². The summed E-state index contributed by atoms with van der Waals surface area (Å²) in [5, 5.41) is 2.66. The number of hydrogen-bond donors (Lipinski definition) is 1. The van der Waals surface area contributed by atoms with Crippen molar-refractivity contribution in [3.63, 3.8) is 0 Å². The Kier molecular flexibility index (Phi) is 5.49. The van der Waals surface area contributed by atoms with E-state index in [-0.39, 0.29) is 23.5 Å². The van der Waals surface area contributed by atoms with Gasteiger partial charge in [-0.3, -0.25) is 14.4 Å². The molecular formula is C20H20FN3O3. The molecule has 6 nitrogen and oxygen atoms in total. The molecule has 3 rings (SSSR count). The molecule has 0 unspecified atom stereocenters. The maximum Gasteiger partial charge on any atom is 0.254 e. The SMILES string of the molecule is CC(=O)Nc1cccc(C(=O)N2CCN(C(=O)c3ccc(F)cc3)CC2)c1. The Balaban J connectivity index is 1.61. The van der Waals surface area contributed by atoms with Crippen LogP contribution in [0.15, 0.2) is 48.5 Å². The molecule has 2 aromatic rings. The third-order valence-corrected chi connectivity index (χ3v) is 4.38. The van der Waals surface area contributed by atoms with E-state index in [2.05, 4.69) is 5.32 Å². The summed E-state index contributed by atoms with van der Waals surface area (Å²) in [7, 11) is 0. The maximum absolute atomic E-state index is 13.0.